The Bertz CT molecular complexity index is 949. The molecule has 0 aliphatic carbocycles. The zero-order valence-electron chi connectivity index (χ0n) is 12.0. The second kappa shape index (κ2) is 5.88. The van der Waals surface area contributed by atoms with Crippen molar-refractivity contribution in [3.05, 3.63) is 53.6 Å². The van der Waals surface area contributed by atoms with Gasteiger partial charge in [-0.25, -0.2) is 0 Å². The summed E-state index contributed by atoms with van der Waals surface area (Å²) in [5, 5.41) is 3.60. The summed E-state index contributed by atoms with van der Waals surface area (Å²) in [6.07, 6.45) is 0.616. The van der Waals surface area contributed by atoms with Gasteiger partial charge in [0.2, 0.25) is 0 Å². The van der Waals surface area contributed by atoms with Crippen LogP contribution in [-0.4, -0.2) is 15.0 Å². The molecule has 0 aliphatic rings. The van der Waals surface area contributed by atoms with Crippen LogP contribution in [0.2, 0.25) is 5.02 Å². The number of halogens is 1. The molecule has 0 radical (unpaired) electrons. The van der Waals surface area contributed by atoms with E-state index in [1.54, 1.807) is 6.07 Å². The molecule has 22 heavy (non-hydrogen) atoms. The number of hydrogen-bond acceptors (Lipinski definition) is 3. The number of fused-ring (bicyclic) bond motifs is 2. The van der Waals surface area contributed by atoms with Crippen LogP contribution in [0.15, 0.2) is 53.4 Å². The van der Waals surface area contributed by atoms with Crippen molar-refractivity contribution in [2.45, 2.75) is 18.2 Å². The Labute approximate surface area is 134 Å². The largest absolute Gasteiger partial charge is 0.299 e. The molecule has 0 N–H and O–H groups in total. The summed E-state index contributed by atoms with van der Waals surface area (Å²) < 4.78 is 30.0. The van der Waals surface area contributed by atoms with Gasteiger partial charge in [-0.3, -0.25) is 4.18 Å². The van der Waals surface area contributed by atoms with Crippen molar-refractivity contribution in [3.8, 4) is 0 Å². The molecule has 0 aromatic heterocycles. The molecule has 0 spiro atoms. The maximum absolute atomic E-state index is 12.5. The summed E-state index contributed by atoms with van der Waals surface area (Å²) >= 11 is 6.16. The quantitative estimate of drug-likeness (QED) is 0.510. The molecule has 5 heteroatoms. The van der Waals surface area contributed by atoms with Gasteiger partial charge in [0.1, 0.15) is 4.90 Å². The van der Waals surface area contributed by atoms with Crippen molar-refractivity contribution >= 4 is 43.3 Å². The molecule has 0 aliphatic heterocycles. The molecule has 0 unspecified atom stereocenters. The molecule has 3 rings (SSSR count). The number of benzene rings is 3. The first-order valence-corrected chi connectivity index (χ1v) is 8.82. The van der Waals surface area contributed by atoms with Crippen LogP contribution in [0.3, 0.4) is 0 Å². The van der Waals surface area contributed by atoms with Crippen LogP contribution in [-0.2, 0) is 14.3 Å². The van der Waals surface area contributed by atoms with E-state index in [2.05, 4.69) is 0 Å². The van der Waals surface area contributed by atoms with Crippen LogP contribution >= 0.6 is 11.6 Å². The topological polar surface area (TPSA) is 43.4 Å². The zero-order chi connectivity index (χ0) is 15.7. The smallest absolute Gasteiger partial charge is 0.266 e. The Morgan fingerprint density at radius 3 is 2.36 bits per heavy atom. The third-order valence-electron chi connectivity index (χ3n) is 3.48. The van der Waals surface area contributed by atoms with Gasteiger partial charge in [-0.2, -0.15) is 8.42 Å². The van der Waals surface area contributed by atoms with Gasteiger partial charge in [-0.05, 0) is 40.8 Å². The molecule has 0 fully saturated rings. The third kappa shape index (κ3) is 2.70. The van der Waals surface area contributed by atoms with E-state index in [4.69, 9.17) is 15.8 Å². The molecule has 0 amide bonds. The Hall–Kier alpha value is -1.62. The Balaban J connectivity index is 2.33. The van der Waals surface area contributed by atoms with Crippen LogP contribution in [0.1, 0.15) is 13.3 Å². The summed E-state index contributed by atoms with van der Waals surface area (Å²) in [4.78, 5) is 0.0471. The summed E-state index contributed by atoms with van der Waals surface area (Å²) in [7, 11) is -3.88. The van der Waals surface area contributed by atoms with Crippen molar-refractivity contribution < 1.29 is 12.6 Å². The van der Waals surface area contributed by atoms with Crippen molar-refractivity contribution in [3.63, 3.8) is 0 Å². The number of hydrogen-bond donors (Lipinski definition) is 0. The van der Waals surface area contributed by atoms with E-state index >= 15 is 0 Å². The van der Waals surface area contributed by atoms with E-state index in [-0.39, 0.29) is 16.5 Å². The molecular formula is C17H15ClO3S. The highest BCUT2D eigenvalue weighted by atomic mass is 35.5. The van der Waals surface area contributed by atoms with E-state index in [1.807, 2.05) is 49.4 Å². The van der Waals surface area contributed by atoms with E-state index in [9.17, 15) is 8.42 Å². The molecule has 0 heterocycles. The first kappa shape index (κ1) is 15.3. The Morgan fingerprint density at radius 1 is 1.00 bits per heavy atom. The fourth-order valence-electron chi connectivity index (χ4n) is 2.47. The minimum atomic E-state index is -3.88. The standard InChI is InChI=1S/C17H15ClO3S/c1-2-9-21-22(19,20)17-15-11-13-6-4-3-5-12(13)10-14(15)7-8-16(17)18/h3-8,10-11H,2,9H2,1H3. The molecule has 0 saturated heterocycles. The molecule has 3 aromatic rings. The fraction of sp³-hybridized carbons (Fsp3) is 0.176. The molecule has 3 nitrogen and oxygen atoms in total. The van der Waals surface area contributed by atoms with Crippen molar-refractivity contribution in [1.29, 1.82) is 0 Å². The molecular weight excluding hydrogens is 320 g/mol. The average molecular weight is 335 g/mol. The van der Waals surface area contributed by atoms with Crippen LogP contribution in [0.5, 0.6) is 0 Å². The summed E-state index contributed by atoms with van der Waals surface area (Å²) in [5.41, 5.74) is 0. The van der Waals surface area contributed by atoms with Gasteiger partial charge >= 0.3 is 0 Å². The van der Waals surface area contributed by atoms with Gasteiger partial charge < -0.3 is 0 Å². The SMILES string of the molecule is CCCOS(=O)(=O)c1c(Cl)ccc2cc3ccccc3cc12. The maximum atomic E-state index is 12.5. The van der Waals surface area contributed by atoms with E-state index in [0.29, 0.717) is 11.8 Å². The van der Waals surface area contributed by atoms with Crippen LogP contribution in [0.25, 0.3) is 21.5 Å². The highest BCUT2D eigenvalue weighted by Gasteiger charge is 2.22. The molecule has 0 saturated carbocycles. The van der Waals surface area contributed by atoms with Crippen LogP contribution in [0, 0.1) is 0 Å². The van der Waals surface area contributed by atoms with Crippen molar-refractivity contribution in [2.24, 2.45) is 0 Å². The maximum Gasteiger partial charge on any atom is 0.299 e. The first-order chi connectivity index (χ1) is 10.5. The molecule has 3 aromatic carbocycles. The lowest BCUT2D eigenvalue weighted by Gasteiger charge is -2.11. The van der Waals surface area contributed by atoms with Crippen LogP contribution in [0.4, 0.5) is 0 Å². The van der Waals surface area contributed by atoms with E-state index < -0.39 is 10.1 Å². The second-order valence-corrected chi connectivity index (χ2v) is 7.03. The second-order valence-electron chi connectivity index (χ2n) is 5.07. The van der Waals surface area contributed by atoms with E-state index in [0.717, 1.165) is 16.2 Å². The summed E-state index contributed by atoms with van der Waals surface area (Å²) in [5.74, 6) is 0. The van der Waals surface area contributed by atoms with Gasteiger partial charge in [-0.1, -0.05) is 48.9 Å². The average Bonchev–Trinajstić information content (AvgIpc) is 2.50. The molecule has 114 valence electrons. The van der Waals surface area contributed by atoms with Crippen molar-refractivity contribution in [1.82, 2.24) is 0 Å². The first-order valence-electron chi connectivity index (χ1n) is 7.03. The lowest BCUT2D eigenvalue weighted by atomic mass is 10.0. The minimum absolute atomic E-state index is 0.0471. The Morgan fingerprint density at radius 2 is 1.68 bits per heavy atom. The summed E-state index contributed by atoms with van der Waals surface area (Å²) in [6, 6.07) is 15.0. The highest BCUT2D eigenvalue weighted by molar-refractivity contribution is 7.87. The minimum Gasteiger partial charge on any atom is -0.266 e. The monoisotopic (exact) mass is 334 g/mol. The molecule has 0 atom stereocenters. The number of rotatable bonds is 4. The zero-order valence-corrected chi connectivity index (χ0v) is 13.6. The van der Waals surface area contributed by atoms with Gasteiger partial charge in [0, 0.05) is 5.39 Å². The predicted molar refractivity (Wildman–Crippen MR) is 89.9 cm³/mol. The molecule has 0 bridgehead atoms. The summed E-state index contributed by atoms with van der Waals surface area (Å²) in [6.45, 7) is 2.00. The van der Waals surface area contributed by atoms with Crippen molar-refractivity contribution in [2.75, 3.05) is 6.61 Å². The lowest BCUT2D eigenvalue weighted by molar-refractivity contribution is 0.318. The third-order valence-corrected chi connectivity index (χ3v) is 5.33. The highest BCUT2D eigenvalue weighted by Crippen LogP contribution is 2.34. The van der Waals surface area contributed by atoms with Gasteiger partial charge in [0.15, 0.2) is 0 Å². The van der Waals surface area contributed by atoms with E-state index in [1.165, 1.54) is 0 Å². The lowest BCUT2D eigenvalue weighted by Crippen LogP contribution is -2.08. The Kier molecular flexibility index (Phi) is 4.08. The normalized spacial score (nSPS) is 12.1. The van der Waals surface area contributed by atoms with Gasteiger partial charge in [0.05, 0.1) is 11.6 Å². The predicted octanol–water partition coefficient (Wildman–Crippen LogP) is 4.76. The fourth-order valence-corrected chi connectivity index (χ4v) is 4.17. The van der Waals surface area contributed by atoms with Gasteiger partial charge in [0.25, 0.3) is 10.1 Å². The van der Waals surface area contributed by atoms with Crippen LogP contribution < -0.4 is 0 Å². The van der Waals surface area contributed by atoms with Gasteiger partial charge in [-0.15, -0.1) is 0 Å².